The number of rotatable bonds is 4. The molecule has 2 amide bonds. The fraction of sp³-hybridized carbons (Fsp3) is 0.500. The quantitative estimate of drug-likeness (QED) is 0.926. The van der Waals surface area contributed by atoms with Crippen LogP contribution in [0.3, 0.4) is 0 Å². The Morgan fingerprint density at radius 3 is 2.92 bits per heavy atom. The van der Waals surface area contributed by atoms with E-state index in [2.05, 4.69) is 26.8 Å². The maximum Gasteiger partial charge on any atom is 0.322 e. The standard InChI is InChI=1S/C18H25N5O2/c1-5-22-11-20-15-10-23(7-6-16(15)22)18(24)21-14-8-13(4)9-19-17(14)25-12(2)3/h8-9,11-12H,5-7,10H2,1-4H3,(H,21,24). The van der Waals surface area contributed by atoms with Gasteiger partial charge in [-0.1, -0.05) is 0 Å². The zero-order valence-corrected chi connectivity index (χ0v) is 15.2. The van der Waals surface area contributed by atoms with Crippen LogP contribution in [0.15, 0.2) is 18.6 Å². The highest BCUT2D eigenvalue weighted by Crippen LogP contribution is 2.25. The van der Waals surface area contributed by atoms with Gasteiger partial charge in [-0.15, -0.1) is 0 Å². The van der Waals surface area contributed by atoms with Crippen LogP contribution in [0.2, 0.25) is 0 Å². The number of imidazole rings is 1. The van der Waals surface area contributed by atoms with E-state index in [1.807, 2.05) is 33.2 Å². The molecule has 2 aromatic rings. The maximum atomic E-state index is 12.7. The zero-order chi connectivity index (χ0) is 18.0. The SMILES string of the molecule is CCn1cnc2c1CCN(C(=O)Nc1cc(C)cnc1OC(C)C)C2. The van der Waals surface area contributed by atoms with Crippen LogP contribution in [0.4, 0.5) is 10.5 Å². The molecule has 0 aromatic carbocycles. The predicted molar refractivity (Wildman–Crippen MR) is 95.8 cm³/mol. The van der Waals surface area contributed by atoms with Crippen molar-refractivity contribution in [2.75, 3.05) is 11.9 Å². The second-order valence-electron chi connectivity index (χ2n) is 6.56. The van der Waals surface area contributed by atoms with Gasteiger partial charge in [-0.3, -0.25) is 0 Å². The molecule has 3 rings (SSSR count). The van der Waals surface area contributed by atoms with Crippen LogP contribution >= 0.6 is 0 Å². The summed E-state index contributed by atoms with van der Waals surface area (Å²) in [5, 5.41) is 2.94. The first-order chi connectivity index (χ1) is 12.0. The summed E-state index contributed by atoms with van der Waals surface area (Å²) in [5.74, 6) is 0.446. The van der Waals surface area contributed by atoms with E-state index < -0.39 is 0 Å². The summed E-state index contributed by atoms with van der Waals surface area (Å²) in [7, 11) is 0. The topological polar surface area (TPSA) is 72.3 Å². The lowest BCUT2D eigenvalue weighted by Crippen LogP contribution is -2.39. The minimum absolute atomic E-state index is 0.0126. The Balaban J connectivity index is 1.74. The van der Waals surface area contributed by atoms with Crippen LogP contribution in [-0.2, 0) is 19.5 Å². The molecule has 25 heavy (non-hydrogen) atoms. The zero-order valence-electron chi connectivity index (χ0n) is 15.2. The summed E-state index contributed by atoms with van der Waals surface area (Å²) >= 11 is 0. The van der Waals surface area contributed by atoms with Gasteiger partial charge in [0, 0.05) is 31.4 Å². The predicted octanol–water partition coefficient (Wildman–Crippen LogP) is 2.98. The van der Waals surface area contributed by atoms with Crippen LogP contribution in [0.25, 0.3) is 0 Å². The van der Waals surface area contributed by atoms with Crippen molar-refractivity contribution in [1.82, 2.24) is 19.4 Å². The first kappa shape index (κ1) is 17.3. The van der Waals surface area contributed by atoms with Crippen LogP contribution < -0.4 is 10.1 Å². The van der Waals surface area contributed by atoms with E-state index in [0.717, 1.165) is 24.2 Å². The molecule has 1 aliphatic rings. The van der Waals surface area contributed by atoms with Gasteiger partial charge in [0.25, 0.3) is 0 Å². The maximum absolute atomic E-state index is 12.7. The van der Waals surface area contributed by atoms with E-state index in [0.29, 0.717) is 24.7 Å². The van der Waals surface area contributed by atoms with Crippen LogP contribution in [0, 0.1) is 6.92 Å². The van der Waals surface area contributed by atoms with Crippen molar-refractivity contribution >= 4 is 11.7 Å². The van der Waals surface area contributed by atoms with E-state index in [9.17, 15) is 4.79 Å². The second-order valence-corrected chi connectivity index (χ2v) is 6.56. The summed E-state index contributed by atoms with van der Waals surface area (Å²) < 4.78 is 7.85. The van der Waals surface area contributed by atoms with Gasteiger partial charge in [0.15, 0.2) is 0 Å². The number of amides is 2. The summed E-state index contributed by atoms with van der Waals surface area (Å²) in [6.07, 6.45) is 4.39. The molecule has 0 unspecified atom stereocenters. The molecule has 7 nitrogen and oxygen atoms in total. The van der Waals surface area contributed by atoms with Gasteiger partial charge in [-0.05, 0) is 39.3 Å². The molecular weight excluding hydrogens is 318 g/mol. The molecule has 0 bridgehead atoms. The fourth-order valence-corrected chi connectivity index (χ4v) is 2.97. The normalized spacial score (nSPS) is 13.7. The highest BCUT2D eigenvalue weighted by atomic mass is 16.5. The molecule has 2 aromatic heterocycles. The Labute approximate surface area is 148 Å². The number of hydrogen-bond acceptors (Lipinski definition) is 4. The fourth-order valence-electron chi connectivity index (χ4n) is 2.97. The number of hydrogen-bond donors (Lipinski definition) is 1. The molecular formula is C18H25N5O2. The number of carbonyl (C=O) groups is 1. The Bertz CT molecular complexity index is 769. The molecule has 0 saturated heterocycles. The first-order valence-corrected chi connectivity index (χ1v) is 8.70. The van der Waals surface area contributed by atoms with Gasteiger partial charge in [0.2, 0.25) is 5.88 Å². The van der Waals surface area contributed by atoms with Crippen molar-refractivity contribution in [2.45, 2.75) is 53.3 Å². The Kier molecular flexibility index (Phi) is 4.92. The van der Waals surface area contributed by atoms with Gasteiger partial charge in [0.05, 0.1) is 24.7 Å². The molecule has 134 valence electrons. The first-order valence-electron chi connectivity index (χ1n) is 8.70. The van der Waals surface area contributed by atoms with Crippen molar-refractivity contribution in [2.24, 2.45) is 0 Å². The van der Waals surface area contributed by atoms with Crippen LogP contribution in [0.1, 0.15) is 37.7 Å². The number of fused-ring (bicyclic) bond motifs is 1. The lowest BCUT2D eigenvalue weighted by atomic mass is 10.1. The van der Waals surface area contributed by atoms with Gasteiger partial charge in [-0.25, -0.2) is 14.8 Å². The molecule has 7 heteroatoms. The summed E-state index contributed by atoms with van der Waals surface area (Å²) in [6.45, 7) is 10.00. The molecule has 0 radical (unpaired) electrons. The van der Waals surface area contributed by atoms with Gasteiger partial charge < -0.3 is 19.5 Å². The van der Waals surface area contributed by atoms with E-state index >= 15 is 0 Å². The highest BCUT2D eigenvalue weighted by Gasteiger charge is 2.25. The molecule has 0 spiro atoms. The number of nitrogens with zero attached hydrogens (tertiary/aromatic N) is 4. The number of urea groups is 1. The van der Waals surface area contributed by atoms with Crippen molar-refractivity contribution in [3.63, 3.8) is 0 Å². The van der Waals surface area contributed by atoms with Gasteiger partial charge >= 0.3 is 6.03 Å². The summed E-state index contributed by atoms with van der Waals surface area (Å²) in [5.41, 5.74) is 3.77. The van der Waals surface area contributed by atoms with E-state index in [-0.39, 0.29) is 12.1 Å². The van der Waals surface area contributed by atoms with Gasteiger partial charge in [0.1, 0.15) is 5.69 Å². The Morgan fingerprint density at radius 1 is 1.40 bits per heavy atom. The van der Waals surface area contributed by atoms with Crippen LogP contribution in [0.5, 0.6) is 5.88 Å². The van der Waals surface area contributed by atoms with E-state index in [1.54, 1.807) is 11.1 Å². The van der Waals surface area contributed by atoms with Crippen LogP contribution in [-0.4, -0.2) is 38.1 Å². The lowest BCUT2D eigenvalue weighted by molar-refractivity contribution is 0.204. The lowest BCUT2D eigenvalue weighted by Gasteiger charge is -2.27. The number of ether oxygens (including phenoxy) is 1. The minimum Gasteiger partial charge on any atom is -0.473 e. The number of pyridine rings is 1. The molecule has 1 aliphatic heterocycles. The third-order valence-electron chi connectivity index (χ3n) is 4.20. The highest BCUT2D eigenvalue weighted by molar-refractivity contribution is 5.90. The number of aromatic nitrogens is 3. The molecule has 0 aliphatic carbocycles. The smallest absolute Gasteiger partial charge is 0.322 e. The minimum atomic E-state index is -0.155. The summed E-state index contributed by atoms with van der Waals surface area (Å²) in [6, 6.07) is 1.72. The number of nitrogens with one attached hydrogen (secondary N) is 1. The number of carbonyl (C=O) groups excluding carboxylic acids is 1. The average Bonchev–Trinajstić information content (AvgIpc) is 2.99. The van der Waals surface area contributed by atoms with E-state index in [1.165, 1.54) is 5.69 Å². The number of aryl methyl sites for hydroxylation is 2. The molecule has 0 saturated carbocycles. The molecule has 1 N–H and O–H groups in total. The Morgan fingerprint density at radius 2 is 2.20 bits per heavy atom. The van der Waals surface area contributed by atoms with Gasteiger partial charge in [-0.2, -0.15) is 0 Å². The van der Waals surface area contributed by atoms with Crippen molar-refractivity contribution in [3.8, 4) is 5.88 Å². The third-order valence-corrected chi connectivity index (χ3v) is 4.20. The van der Waals surface area contributed by atoms with Crippen molar-refractivity contribution in [1.29, 1.82) is 0 Å². The third kappa shape index (κ3) is 3.75. The average molecular weight is 343 g/mol. The number of anilines is 1. The second kappa shape index (κ2) is 7.13. The molecule has 0 atom stereocenters. The molecule has 3 heterocycles. The van der Waals surface area contributed by atoms with E-state index in [4.69, 9.17) is 4.74 Å². The molecule has 0 fully saturated rings. The summed E-state index contributed by atoms with van der Waals surface area (Å²) in [4.78, 5) is 23.2. The monoisotopic (exact) mass is 343 g/mol. The Hall–Kier alpha value is -2.57. The largest absolute Gasteiger partial charge is 0.473 e. The van der Waals surface area contributed by atoms with Crippen molar-refractivity contribution < 1.29 is 9.53 Å². The van der Waals surface area contributed by atoms with Crippen molar-refractivity contribution in [3.05, 3.63) is 35.5 Å².